The lowest BCUT2D eigenvalue weighted by atomic mass is 10.1. The molecule has 0 aliphatic rings. The Morgan fingerprint density at radius 2 is 1.61 bits per heavy atom. The summed E-state index contributed by atoms with van der Waals surface area (Å²) >= 11 is 12.4. The maximum atomic E-state index is 13.9. The minimum Gasteiger partial charge on any atom is -0.497 e. The van der Waals surface area contributed by atoms with Crippen molar-refractivity contribution < 1.29 is 19.1 Å². The van der Waals surface area contributed by atoms with E-state index in [9.17, 15) is 9.59 Å². The molecule has 0 bridgehead atoms. The van der Waals surface area contributed by atoms with Gasteiger partial charge in [0.25, 0.3) is 5.91 Å². The predicted octanol–water partition coefficient (Wildman–Crippen LogP) is 6.17. The van der Waals surface area contributed by atoms with Crippen molar-refractivity contribution in [2.45, 2.75) is 19.6 Å². The van der Waals surface area contributed by atoms with Crippen molar-refractivity contribution in [2.24, 2.45) is 0 Å². The lowest BCUT2D eigenvalue weighted by Gasteiger charge is -2.28. The van der Waals surface area contributed by atoms with Gasteiger partial charge in [0.15, 0.2) is 0 Å². The average molecular weight is 595 g/mol. The third-order valence-electron chi connectivity index (χ3n) is 6.67. The van der Waals surface area contributed by atoms with E-state index in [1.807, 2.05) is 72.9 Å². The van der Waals surface area contributed by atoms with Gasteiger partial charge in [-0.05, 0) is 53.6 Å². The summed E-state index contributed by atoms with van der Waals surface area (Å²) in [6.07, 6.45) is 2.00. The highest BCUT2D eigenvalue weighted by molar-refractivity contribution is 6.36. The van der Waals surface area contributed by atoms with Crippen molar-refractivity contribution in [2.75, 3.05) is 33.9 Å². The lowest BCUT2D eigenvalue weighted by molar-refractivity contribution is -0.133. The van der Waals surface area contributed by atoms with E-state index in [-0.39, 0.29) is 42.1 Å². The zero-order chi connectivity index (χ0) is 29.2. The fourth-order valence-corrected chi connectivity index (χ4v) is 4.99. The molecule has 41 heavy (non-hydrogen) atoms. The fourth-order valence-electron chi connectivity index (χ4n) is 4.50. The average Bonchev–Trinajstić information content (AvgIpc) is 3.41. The second-order valence-electron chi connectivity index (χ2n) is 9.56. The van der Waals surface area contributed by atoms with Crippen LogP contribution in [0.15, 0.2) is 91.1 Å². The van der Waals surface area contributed by atoms with Gasteiger partial charge < -0.3 is 23.8 Å². The third-order valence-corrected chi connectivity index (χ3v) is 7.22. The largest absolute Gasteiger partial charge is 0.497 e. The van der Waals surface area contributed by atoms with E-state index in [1.165, 1.54) is 11.0 Å². The van der Waals surface area contributed by atoms with Crippen molar-refractivity contribution in [3.8, 4) is 5.75 Å². The smallest absolute Gasteiger partial charge is 0.255 e. The number of nitrogens with zero attached hydrogens (tertiary/aromatic N) is 3. The number of carbonyl (C=O) groups excluding carboxylic acids is 2. The number of rotatable bonds is 13. The molecule has 3 aromatic carbocycles. The van der Waals surface area contributed by atoms with E-state index in [4.69, 9.17) is 32.7 Å². The van der Waals surface area contributed by atoms with Gasteiger partial charge in [-0.15, -0.1) is 0 Å². The van der Waals surface area contributed by atoms with Crippen molar-refractivity contribution >= 4 is 35.0 Å². The first-order chi connectivity index (χ1) is 19.9. The highest BCUT2D eigenvalue weighted by atomic mass is 35.5. The van der Waals surface area contributed by atoms with Crippen LogP contribution in [0.1, 0.15) is 27.2 Å². The molecule has 0 saturated carbocycles. The van der Waals surface area contributed by atoms with Crippen molar-refractivity contribution in [1.82, 2.24) is 14.4 Å². The number of hydrogen-bond acceptors (Lipinski definition) is 4. The van der Waals surface area contributed by atoms with Gasteiger partial charge in [-0.3, -0.25) is 9.59 Å². The summed E-state index contributed by atoms with van der Waals surface area (Å²) in [7, 11) is 3.20. The zero-order valence-electron chi connectivity index (χ0n) is 23.1. The minimum atomic E-state index is -0.363. The van der Waals surface area contributed by atoms with Crippen LogP contribution >= 0.6 is 23.2 Å². The quantitative estimate of drug-likeness (QED) is 0.186. The van der Waals surface area contributed by atoms with Gasteiger partial charge in [0, 0.05) is 43.7 Å². The standard InChI is InChI=1S/C32H33Cl2N3O4/c1-40-17-16-36(32(39)29-14-13-26(33)19-30(29)34)23-31(38)37(20-24-8-4-3-5-9-24)22-27-11-7-15-35(27)21-25-10-6-12-28(18-25)41-2/h3-15,18-19H,16-17,20-23H2,1-2H3. The van der Waals surface area contributed by atoms with Crippen LogP contribution in [-0.2, 0) is 29.2 Å². The number of amides is 2. The van der Waals surface area contributed by atoms with Crippen LogP contribution < -0.4 is 4.74 Å². The second kappa shape index (κ2) is 14.7. The lowest BCUT2D eigenvalue weighted by Crippen LogP contribution is -2.44. The van der Waals surface area contributed by atoms with E-state index >= 15 is 0 Å². The van der Waals surface area contributed by atoms with Crippen molar-refractivity contribution in [1.29, 1.82) is 0 Å². The summed E-state index contributed by atoms with van der Waals surface area (Å²) in [5.41, 5.74) is 3.32. The molecule has 0 aliphatic heterocycles. The number of hydrogen-bond donors (Lipinski definition) is 0. The number of halogens is 2. The molecule has 2 amide bonds. The first kappa shape index (κ1) is 30.2. The number of benzene rings is 3. The van der Waals surface area contributed by atoms with Crippen LogP contribution in [0.25, 0.3) is 0 Å². The summed E-state index contributed by atoms with van der Waals surface area (Å²) in [6.45, 7) is 1.74. The predicted molar refractivity (Wildman–Crippen MR) is 161 cm³/mol. The molecule has 0 fully saturated rings. The first-order valence-corrected chi connectivity index (χ1v) is 14.0. The number of carbonyl (C=O) groups is 2. The molecule has 0 N–H and O–H groups in total. The van der Waals surface area contributed by atoms with Crippen LogP contribution in [-0.4, -0.2) is 60.1 Å². The monoisotopic (exact) mass is 593 g/mol. The van der Waals surface area contributed by atoms with Gasteiger partial charge in [0.1, 0.15) is 12.3 Å². The normalized spacial score (nSPS) is 10.8. The molecule has 4 aromatic rings. The SMILES string of the molecule is COCCN(CC(=O)N(Cc1ccccc1)Cc1cccn1Cc1cccc(OC)c1)C(=O)c1ccc(Cl)cc1Cl. The molecule has 0 spiro atoms. The molecule has 0 atom stereocenters. The van der Waals surface area contributed by atoms with Gasteiger partial charge in [-0.25, -0.2) is 0 Å². The van der Waals surface area contributed by atoms with Crippen LogP contribution in [0.5, 0.6) is 5.75 Å². The fraction of sp³-hybridized carbons (Fsp3) is 0.250. The van der Waals surface area contributed by atoms with E-state index in [0.717, 1.165) is 22.6 Å². The Bertz CT molecular complexity index is 1460. The molecule has 0 saturated heterocycles. The molecule has 0 unspecified atom stereocenters. The molecule has 0 aliphatic carbocycles. The van der Waals surface area contributed by atoms with E-state index in [2.05, 4.69) is 4.57 Å². The summed E-state index contributed by atoms with van der Waals surface area (Å²) in [5, 5.41) is 0.658. The number of methoxy groups -OCH3 is 2. The van der Waals surface area contributed by atoms with Gasteiger partial charge in [0.05, 0.1) is 30.8 Å². The van der Waals surface area contributed by atoms with Gasteiger partial charge in [-0.1, -0.05) is 65.7 Å². The van der Waals surface area contributed by atoms with E-state index in [1.54, 1.807) is 31.3 Å². The Kier molecular flexibility index (Phi) is 10.8. The molecule has 9 heteroatoms. The summed E-state index contributed by atoms with van der Waals surface area (Å²) in [4.78, 5) is 30.6. The van der Waals surface area contributed by atoms with Crippen LogP contribution in [0, 0.1) is 0 Å². The molecule has 7 nitrogen and oxygen atoms in total. The molecule has 214 valence electrons. The molecule has 0 radical (unpaired) electrons. The summed E-state index contributed by atoms with van der Waals surface area (Å²) in [5.74, 6) is 0.231. The van der Waals surface area contributed by atoms with E-state index in [0.29, 0.717) is 24.7 Å². The Hall–Kier alpha value is -3.78. The maximum Gasteiger partial charge on any atom is 0.255 e. The zero-order valence-corrected chi connectivity index (χ0v) is 24.6. The first-order valence-electron chi connectivity index (χ1n) is 13.2. The van der Waals surface area contributed by atoms with Crippen molar-refractivity contribution in [3.05, 3.63) is 124 Å². The maximum absolute atomic E-state index is 13.9. The Morgan fingerprint density at radius 3 is 2.34 bits per heavy atom. The topological polar surface area (TPSA) is 64.0 Å². The van der Waals surface area contributed by atoms with Crippen LogP contribution in [0.3, 0.4) is 0 Å². The van der Waals surface area contributed by atoms with Gasteiger partial charge in [0.2, 0.25) is 5.91 Å². The van der Waals surface area contributed by atoms with E-state index < -0.39 is 0 Å². The molecule has 4 rings (SSSR count). The number of aromatic nitrogens is 1. The summed E-state index contributed by atoms with van der Waals surface area (Å²) in [6, 6.07) is 26.4. The number of ether oxygens (including phenoxy) is 2. The summed E-state index contributed by atoms with van der Waals surface area (Å²) < 4.78 is 12.7. The highest BCUT2D eigenvalue weighted by Crippen LogP contribution is 2.23. The Balaban J connectivity index is 1.58. The second-order valence-corrected chi connectivity index (χ2v) is 10.4. The van der Waals surface area contributed by atoms with Crippen LogP contribution in [0.2, 0.25) is 10.0 Å². The van der Waals surface area contributed by atoms with Gasteiger partial charge in [-0.2, -0.15) is 0 Å². The minimum absolute atomic E-state index is 0.134. The highest BCUT2D eigenvalue weighted by Gasteiger charge is 2.25. The van der Waals surface area contributed by atoms with Crippen LogP contribution in [0.4, 0.5) is 0 Å². The third kappa shape index (κ3) is 8.36. The molecular formula is C32H33Cl2N3O4. The Morgan fingerprint density at radius 1 is 0.829 bits per heavy atom. The molecule has 1 heterocycles. The van der Waals surface area contributed by atoms with Crippen molar-refractivity contribution in [3.63, 3.8) is 0 Å². The Labute approximate surface area is 250 Å². The molecular weight excluding hydrogens is 561 g/mol. The van der Waals surface area contributed by atoms with Gasteiger partial charge >= 0.3 is 0 Å². The molecule has 1 aromatic heterocycles.